The molecule has 3 nitrogen and oxygen atoms in total. The average molecular weight is 242 g/mol. The molecule has 0 saturated carbocycles. The van der Waals surface area contributed by atoms with Gasteiger partial charge in [0, 0.05) is 31.7 Å². The minimum atomic E-state index is 0.345. The molecule has 1 rings (SSSR count). The van der Waals surface area contributed by atoms with E-state index >= 15 is 0 Å². The summed E-state index contributed by atoms with van der Waals surface area (Å²) < 4.78 is 5.68. The maximum absolute atomic E-state index is 5.68. The third-order valence-corrected chi connectivity index (χ3v) is 3.78. The van der Waals surface area contributed by atoms with Gasteiger partial charge in [0.05, 0.1) is 12.7 Å². The van der Waals surface area contributed by atoms with E-state index in [4.69, 9.17) is 4.74 Å². The average Bonchev–Trinajstić information content (AvgIpc) is 2.28. The summed E-state index contributed by atoms with van der Waals surface area (Å²) in [4.78, 5) is 2.61. The summed E-state index contributed by atoms with van der Waals surface area (Å²) in [6.07, 6.45) is 1.60. The Morgan fingerprint density at radius 2 is 2.06 bits per heavy atom. The number of hydrogen-bond acceptors (Lipinski definition) is 3. The van der Waals surface area contributed by atoms with Crippen molar-refractivity contribution in [1.82, 2.24) is 10.2 Å². The number of ether oxygens (including phenoxy) is 1. The first-order valence-electron chi connectivity index (χ1n) is 7.13. The molecule has 3 unspecified atom stereocenters. The molecule has 1 heterocycles. The predicted molar refractivity (Wildman–Crippen MR) is 73.4 cm³/mol. The summed E-state index contributed by atoms with van der Waals surface area (Å²) in [5, 5.41) is 3.59. The van der Waals surface area contributed by atoms with Crippen LogP contribution in [0, 0.1) is 5.92 Å². The second-order valence-corrected chi connectivity index (χ2v) is 5.68. The van der Waals surface area contributed by atoms with Gasteiger partial charge in [-0.2, -0.15) is 0 Å². The lowest BCUT2D eigenvalue weighted by molar-refractivity contribution is 0.0263. The smallest absolute Gasteiger partial charge is 0.0597 e. The van der Waals surface area contributed by atoms with Crippen molar-refractivity contribution >= 4 is 0 Å². The van der Waals surface area contributed by atoms with Crippen molar-refractivity contribution in [2.45, 2.75) is 59.2 Å². The Kier molecular flexibility index (Phi) is 6.45. The van der Waals surface area contributed by atoms with Crippen molar-refractivity contribution < 1.29 is 4.74 Å². The molecule has 1 aliphatic heterocycles. The Morgan fingerprint density at radius 1 is 1.35 bits per heavy atom. The molecule has 0 spiro atoms. The Hall–Kier alpha value is -0.120. The largest absolute Gasteiger partial charge is 0.377 e. The normalized spacial score (nSPS) is 28.6. The quantitative estimate of drug-likeness (QED) is 0.772. The first-order valence-corrected chi connectivity index (χ1v) is 7.13. The van der Waals surface area contributed by atoms with E-state index in [0.717, 1.165) is 32.2 Å². The van der Waals surface area contributed by atoms with Crippen molar-refractivity contribution in [3.05, 3.63) is 0 Å². The van der Waals surface area contributed by atoms with E-state index in [1.807, 2.05) is 0 Å². The summed E-state index contributed by atoms with van der Waals surface area (Å²) in [6, 6.07) is 1.28. The molecule has 0 radical (unpaired) electrons. The molecule has 1 N–H and O–H groups in total. The monoisotopic (exact) mass is 242 g/mol. The van der Waals surface area contributed by atoms with Crippen LogP contribution in [0.3, 0.4) is 0 Å². The molecular weight excluding hydrogens is 212 g/mol. The summed E-state index contributed by atoms with van der Waals surface area (Å²) >= 11 is 0. The van der Waals surface area contributed by atoms with Crippen LogP contribution in [0.2, 0.25) is 0 Å². The Bertz CT molecular complexity index is 208. The van der Waals surface area contributed by atoms with Crippen LogP contribution in [0.5, 0.6) is 0 Å². The molecule has 3 heteroatoms. The van der Waals surface area contributed by atoms with Crippen LogP contribution < -0.4 is 5.32 Å². The number of hydrogen-bond donors (Lipinski definition) is 1. The molecule has 1 saturated heterocycles. The molecule has 1 fully saturated rings. The summed E-state index contributed by atoms with van der Waals surface area (Å²) in [5.74, 6) is 0.758. The zero-order chi connectivity index (χ0) is 12.8. The topological polar surface area (TPSA) is 24.5 Å². The number of nitrogens with one attached hydrogen (secondary N) is 1. The van der Waals surface area contributed by atoms with E-state index < -0.39 is 0 Å². The van der Waals surface area contributed by atoms with Crippen LogP contribution in [0.4, 0.5) is 0 Å². The van der Waals surface area contributed by atoms with Gasteiger partial charge >= 0.3 is 0 Å². The number of rotatable bonds is 6. The Labute approximate surface area is 107 Å². The van der Waals surface area contributed by atoms with Crippen LogP contribution in [0.25, 0.3) is 0 Å². The van der Waals surface area contributed by atoms with Crippen LogP contribution in [-0.2, 0) is 4.74 Å². The zero-order valence-corrected chi connectivity index (χ0v) is 12.2. The zero-order valence-electron chi connectivity index (χ0n) is 12.2. The van der Waals surface area contributed by atoms with Gasteiger partial charge in [0.15, 0.2) is 0 Å². The van der Waals surface area contributed by atoms with E-state index in [1.54, 1.807) is 0 Å². The van der Waals surface area contributed by atoms with Crippen molar-refractivity contribution in [2.24, 2.45) is 5.92 Å². The maximum atomic E-state index is 5.68. The van der Waals surface area contributed by atoms with E-state index in [1.165, 1.54) is 6.42 Å². The van der Waals surface area contributed by atoms with Gasteiger partial charge in [-0.25, -0.2) is 0 Å². The summed E-state index contributed by atoms with van der Waals surface area (Å²) in [5.41, 5.74) is 0. The van der Waals surface area contributed by atoms with Gasteiger partial charge in [0.2, 0.25) is 0 Å². The van der Waals surface area contributed by atoms with E-state index in [0.29, 0.717) is 18.2 Å². The third kappa shape index (κ3) is 4.94. The van der Waals surface area contributed by atoms with Crippen LogP contribution in [0.15, 0.2) is 0 Å². The first kappa shape index (κ1) is 14.9. The second kappa shape index (κ2) is 7.34. The Balaban J connectivity index is 2.44. The third-order valence-electron chi connectivity index (χ3n) is 3.78. The summed E-state index contributed by atoms with van der Waals surface area (Å²) in [6.45, 7) is 15.3. The first-order chi connectivity index (χ1) is 8.04. The second-order valence-electron chi connectivity index (χ2n) is 5.68. The minimum Gasteiger partial charge on any atom is -0.377 e. The van der Waals surface area contributed by atoms with Crippen LogP contribution in [-0.4, -0.2) is 49.3 Å². The number of piperazine rings is 1. The highest BCUT2D eigenvalue weighted by atomic mass is 16.5. The van der Waals surface area contributed by atoms with Gasteiger partial charge in [-0.3, -0.25) is 4.90 Å². The van der Waals surface area contributed by atoms with Crippen molar-refractivity contribution in [3.8, 4) is 0 Å². The highest BCUT2D eigenvalue weighted by Crippen LogP contribution is 2.17. The van der Waals surface area contributed by atoms with E-state index in [-0.39, 0.29) is 0 Å². The lowest BCUT2D eigenvalue weighted by atomic mass is 9.95. The van der Waals surface area contributed by atoms with Gasteiger partial charge in [-0.1, -0.05) is 20.3 Å². The Morgan fingerprint density at radius 3 is 2.65 bits per heavy atom. The molecule has 0 aliphatic carbocycles. The fraction of sp³-hybridized carbons (Fsp3) is 1.00. The fourth-order valence-electron chi connectivity index (χ4n) is 2.50. The van der Waals surface area contributed by atoms with E-state index in [2.05, 4.69) is 44.8 Å². The molecule has 0 aromatic rings. The van der Waals surface area contributed by atoms with Crippen LogP contribution in [0.1, 0.15) is 41.0 Å². The highest BCUT2D eigenvalue weighted by Gasteiger charge is 2.28. The molecule has 17 heavy (non-hydrogen) atoms. The van der Waals surface area contributed by atoms with Crippen molar-refractivity contribution in [2.75, 3.05) is 26.2 Å². The maximum Gasteiger partial charge on any atom is 0.0597 e. The number of nitrogens with zero attached hydrogens (tertiary/aromatic N) is 1. The summed E-state index contributed by atoms with van der Waals surface area (Å²) in [7, 11) is 0. The molecular formula is C14H30N2O. The SMILES string of the molecule is CCC(C)C1CNC(C)CN1CCOC(C)C. The fourth-order valence-corrected chi connectivity index (χ4v) is 2.50. The highest BCUT2D eigenvalue weighted by molar-refractivity contribution is 4.86. The molecule has 0 aromatic heterocycles. The molecule has 3 atom stereocenters. The van der Waals surface area contributed by atoms with Crippen molar-refractivity contribution in [1.29, 1.82) is 0 Å². The van der Waals surface area contributed by atoms with Gasteiger partial charge in [0.1, 0.15) is 0 Å². The van der Waals surface area contributed by atoms with Gasteiger partial charge in [0.25, 0.3) is 0 Å². The lowest BCUT2D eigenvalue weighted by Gasteiger charge is -2.42. The lowest BCUT2D eigenvalue weighted by Crippen LogP contribution is -2.58. The van der Waals surface area contributed by atoms with Gasteiger partial charge in [-0.15, -0.1) is 0 Å². The van der Waals surface area contributed by atoms with Gasteiger partial charge < -0.3 is 10.1 Å². The minimum absolute atomic E-state index is 0.345. The predicted octanol–water partition coefficient (Wildman–Crippen LogP) is 2.12. The molecule has 1 aliphatic rings. The molecule has 0 amide bonds. The van der Waals surface area contributed by atoms with E-state index in [9.17, 15) is 0 Å². The standard InChI is InChI=1S/C14H30N2O/c1-6-12(4)14-9-15-13(5)10-16(14)7-8-17-11(2)3/h11-15H,6-10H2,1-5H3. The molecule has 0 aromatic carbocycles. The molecule has 0 bridgehead atoms. The van der Waals surface area contributed by atoms with Crippen molar-refractivity contribution in [3.63, 3.8) is 0 Å². The van der Waals surface area contributed by atoms with Crippen LogP contribution >= 0.6 is 0 Å². The molecule has 102 valence electrons. The van der Waals surface area contributed by atoms with Gasteiger partial charge in [-0.05, 0) is 26.7 Å².